The van der Waals surface area contributed by atoms with E-state index in [9.17, 15) is 0 Å². The minimum absolute atomic E-state index is 0.787. The Morgan fingerprint density at radius 3 is 2.00 bits per heavy atom. The second-order valence-electron chi connectivity index (χ2n) is 0.772. The number of hydrogen-bond donors (Lipinski definition) is 2. The molecule has 0 heterocycles. The van der Waals surface area contributed by atoms with Crippen molar-refractivity contribution < 1.29 is 0 Å². The van der Waals surface area contributed by atoms with Crippen LogP contribution in [0.15, 0.2) is 11.6 Å². The summed E-state index contributed by atoms with van der Waals surface area (Å²) in [6.07, 6.45) is 1.90. The number of nitrogens with one attached hydrogen (secondary N) is 1. The molecule has 8 heavy (non-hydrogen) atoms. The van der Waals surface area contributed by atoms with E-state index in [4.69, 9.17) is 5.84 Å². The van der Waals surface area contributed by atoms with Crippen molar-refractivity contribution >= 4 is 11.8 Å². The van der Waals surface area contributed by atoms with Gasteiger partial charge < -0.3 is 5.43 Å². The molecule has 3 N–H and O–H groups in total. The van der Waals surface area contributed by atoms with Crippen molar-refractivity contribution in [1.82, 2.24) is 5.43 Å². The van der Waals surface area contributed by atoms with Crippen LogP contribution in [-0.4, -0.2) is 6.26 Å². The zero-order chi connectivity index (χ0) is 6.99. The van der Waals surface area contributed by atoms with E-state index in [1.54, 1.807) is 0 Å². The van der Waals surface area contributed by atoms with Crippen LogP contribution < -0.4 is 11.3 Å². The Morgan fingerprint density at radius 1 is 1.62 bits per heavy atom. The van der Waals surface area contributed by atoms with Crippen LogP contribution in [-0.2, 0) is 0 Å². The van der Waals surface area contributed by atoms with Gasteiger partial charge in [-0.1, -0.05) is 20.4 Å². The molecule has 2 nitrogen and oxygen atoms in total. The first kappa shape index (κ1) is 10.8. The molecule has 0 aliphatic heterocycles. The van der Waals surface area contributed by atoms with Crippen molar-refractivity contribution in [3.8, 4) is 0 Å². The molecule has 0 aliphatic carbocycles. The number of hydrazine groups is 1. The van der Waals surface area contributed by atoms with Gasteiger partial charge in [0.05, 0.1) is 5.03 Å². The van der Waals surface area contributed by atoms with Gasteiger partial charge in [0.25, 0.3) is 0 Å². The minimum Gasteiger partial charge on any atom is -0.319 e. The zero-order valence-electron chi connectivity index (χ0n) is 5.69. The van der Waals surface area contributed by atoms with Crippen LogP contribution in [0, 0.1) is 0 Å². The first-order valence-corrected chi connectivity index (χ1v) is 3.73. The molecule has 50 valence electrons. The Kier molecular flexibility index (Phi) is 13.4. The van der Waals surface area contributed by atoms with Gasteiger partial charge in [0.15, 0.2) is 0 Å². The molecule has 0 saturated heterocycles. The monoisotopic (exact) mass is 134 g/mol. The highest BCUT2D eigenvalue weighted by molar-refractivity contribution is 8.02. The molecule has 0 aromatic rings. The summed E-state index contributed by atoms with van der Waals surface area (Å²) in [5.41, 5.74) is 2.38. The molecule has 0 unspecified atom stereocenters. The van der Waals surface area contributed by atoms with Crippen LogP contribution in [0.2, 0.25) is 0 Å². The smallest absolute Gasteiger partial charge is 0.0746 e. The first-order valence-electron chi connectivity index (χ1n) is 2.50. The quantitative estimate of drug-likeness (QED) is 0.442. The van der Waals surface area contributed by atoms with Gasteiger partial charge in [-0.3, -0.25) is 5.84 Å². The summed E-state index contributed by atoms with van der Waals surface area (Å²) in [6, 6.07) is 0. The molecule has 0 aliphatic rings. The van der Waals surface area contributed by atoms with Crippen LogP contribution in [0.4, 0.5) is 0 Å². The van der Waals surface area contributed by atoms with Gasteiger partial charge in [-0.15, -0.1) is 11.8 Å². The van der Waals surface area contributed by atoms with Gasteiger partial charge in [0.2, 0.25) is 0 Å². The third-order valence-electron chi connectivity index (χ3n) is 0.407. The Hall–Kier alpha value is -0.150. The van der Waals surface area contributed by atoms with Crippen molar-refractivity contribution in [3.05, 3.63) is 11.6 Å². The summed E-state index contributed by atoms with van der Waals surface area (Å²) in [6.45, 7) is 7.52. The maximum atomic E-state index is 4.91. The molecule has 0 radical (unpaired) electrons. The van der Waals surface area contributed by atoms with Crippen LogP contribution in [0.25, 0.3) is 0 Å². The van der Waals surface area contributed by atoms with Gasteiger partial charge in [0.1, 0.15) is 0 Å². The van der Waals surface area contributed by atoms with E-state index in [-0.39, 0.29) is 0 Å². The lowest BCUT2D eigenvalue weighted by atomic mass is 11.0. The maximum Gasteiger partial charge on any atom is 0.0746 e. The fourth-order valence-corrected chi connectivity index (χ4v) is 0.177. The van der Waals surface area contributed by atoms with E-state index in [1.807, 2.05) is 20.1 Å². The minimum atomic E-state index is 0.787. The van der Waals surface area contributed by atoms with Crippen molar-refractivity contribution in [2.45, 2.75) is 13.8 Å². The summed E-state index contributed by atoms with van der Waals surface area (Å²) in [5, 5.41) is 0.787. The average Bonchev–Trinajstić information content (AvgIpc) is 1.91. The summed E-state index contributed by atoms with van der Waals surface area (Å²) in [7, 11) is 0. The lowest BCUT2D eigenvalue weighted by Gasteiger charge is -1.94. The zero-order valence-corrected chi connectivity index (χ0v) is 6.51. The third kappa shape index (κ3) is 9.28. The van der Waals surface area contributed by atoms with E-state index in [2.05, 4.69) is 12.0 Å². The average molecular weight is 134 g/mol. The topological polar surface area (TPSA) is 38.0 Å². The molecular weight excluding hydrogens is 120 g/mol. The fourth-order valence-electron chi connectivity index (χ4n) is 0.0589. The van der Waals surface area contributed by atoms with Gasteiger partial charge >= 0.3 is 0 Å². The van der Waals surface area contributed by atoms with Crippen LogP contribution in [0.5, 0.6) is 0 Å². The molecule has 0 atom stereocenters. The predicted molar refractivity (Wildman–Crippen MR) is 41.3 cm³/mol. The van der Waals surface area contributed by atoms with Crippen LogP contribution in [0.3, 0.4) is 0 Å². The van der Waals surface area contributed by atoms with E-state index >= 15 is 0 Å². The lowest BCUT2D eigenvalue weighted by molar-refractivity contribution is 0.954. The van der Waals surface area contributed by atoms with E-state index < -0.39 is 0 Å². The molecule has 0 aromatic heterocycles. The largest absolute Gasteiger partial charge is 0.319 e. The molecule has 0 spiro atoms. The van der Waals surface area contributed by atoms with Crippen molar-refractivity contribution in [3.63, 3.8) is 0 Å². The Balaban J connectivity index is 0. The highest BCUT2D eigenvalue weighted by Crippen LogP contribution is 1.99. The molecule has 0 saturated carbocycles. The van der Waals surface area contributed by atoms with Crippen molar-refractivity contribution in [2.24, 2.45) is 5.84 Å². The second-order valence-corrected chi connectivity index (χ2v) is 1.67. The van der Waals surface area contributed by atoms with E-state index in [1.165, 1.54) is 11.8 Å². The highest BCUT2D eigenvalue weighted by atomic mass is 32.2. The summed E-state index contributed by atoms with van der Waals surface area (Å²) in [4.78, 5) is 0. The lowest BCUT2D eigenvalue weighted by Crippen LogP contribution is -2.17. The molecule has 0 fully saturated rings. The first-order chi connectivity index (χ1) is 3.81. The van der Waals surface area contributed by atoms with Gasteiger partial charge in [-0.25, -0.2) is 0 Å². The van der Waals surface area contributed by atoms with Crippen LogP contribution in [0.1, 0.15) is 13.8 Å². The second kappa shape index (κ2) is 9.97. The van der Waals surface area contributed by atoms with Crippen LogP contribution >= 0.6 is 11.8 Å². The fraction of sp³-hybridized carbons (Fsp3) is 0.600. The standard InChI is InChI=1S/C3H8N2S.C2H6/c1-3(5-4)6-2;1-2/h5H,1,4H2,2H3;1-2H3. The van der Waals surface area contributed by atoms with Gasteiger partial charge in [0, 0.05) is 0 Å². The Labute approximate surface area is 55.5 Å². The number of nitrogens with two attached hydrogens (primary N) is 1. The Bertz CT molecular complexity index is 48.4. The molecular formula is C5H14N2S. The summed E-state index contributed by atoms with van der Waals surface area (Å²) in [5.74, 6) is 4.91. The van der Waals surface area contributed by atoms with Crippen molar-refractivity contribution in [1.29, 1.82) is 0 Å². The number of thioether (sulfide) groups is 1. The predicted octanol–water partition coefficient (Wildman–Crippen LogP) is 1.31. The normalized spacial score (nSPS) is 6.50. The maximum absolute atomic E-state index is 4.91. The van der Waals surface area contributed by atoms with E-state index in [0.717, 1.165) is 5.03 Å². The third-order valence-corrected chi connectivity index (χ3v) is 1.02. The molecule has 0 bridgehead atoms. The summed E-state index contributed by atoms with van der Waals surface area (Å²) < 4.78 is 0. The van der Waals surface area contributed by atoms with E-state index in [0.29, 0.717) is 0 Å². The van der Waals surface area contributed by atoms with Gasteiger partial charge in [-0.05, 0) is 6.26 Å². The number of hydrogen-bond acceptors (Lipinski definition) is 3. The Morgan fingerprint density at radius 2 is 2.00 bits per heavy atom. The number of rotatable bonds is 2. The molecule has 0 amide bonds. The van der Waals surface area contributed by atoms with Crippen molar-refractivity contribution in [2.75, 3.05) is 6.26 Å². The SMILES string of the molecule is C=C(NN)SC.CC. The summed E-state index contributed by atoms with van der Waals surface area (Å²) >= 11 is 1.49. The van der Waals surface area contributed by atoms with Gasteiger partial charge in [-0.2, -0.15) is 0 Å². The molecule has 3 heteroatoms. The molecule has 0 rings (SSSR count). The molecule has 0 aromatic carbocycles. The highest BCUT2D eigenvalue weighted by Gasteiger charge is 1.76.